The zero-order chi connectivity index (χ0) is 10.7. The summed E-state index contributed by atoms with van der Waals surface area (Å²) in [5.41, 5.74) is 2.22. The lowest BCUT2D eigenvalue weighted by atomic mass is 10.0. The van der Waals surface area contributed by atoms with Gasteiger partial charge in [-0.3, -0.25) is 0 Å². The lowest BCUT2D eigenvalue weighted by Gasteiger charge is -2.14. The van der Waals surface area contributed by atoms with E-state index >= 15 is 0 Å². The van der Waals surface area contributed by atoms with Crippen LogP contribution in [0.1, 0.15) is 30.6 Å². The van der Waals surface area contributed by atoms with E-state index in [-0.39, 0.29) is 6.10 Å². The maximum absolute atomic E-state index is 9.97. The highest BCUT2D eigenvalue weighted by molar-refractivity contribution is 7.98. The first-order chi connectivity index (χ1) is 7.33. The molecule has 2 rings (SSSR count). The third kappa shape index (κ3) is 2.29. The van der Waals surface area contributed by atoms with E-state index in [1.807, 2.05) is 36.9 Å². The minimum atomic E-state index is -0.324. The first kappa shape index (κ1) is 10.8. The van der Waals surface area contributed by atoms with Crippen molar-refractivity contribution in [2.75, 3.05) is 12.4 Å². The van der Waals surface area contributed by atoms with Crippen LogP contribution in [0.25, 0.3) is 0 Å². The molecule has 0 radical (unpaired) electrons. The number of rotatable bonds is 2. The van der Waals surface area contributed by atoms with Crippen LogP contribution in [0, 0.1) is 0 Å². The molecule has 3 heteroatoms. The zero-order valence-corrected chi connectivity index (χ0v) is 9.72. The van der Waals surface area contributed by atoms with Crippen LogP contribution in [-0.2, 0) is 5.75 Å². The van der Waals surface area contributed by atoms with E-state index in [0.29, 0.717) is 6.61 Å². The fraction of sp³-hybridized carbons (Fsp3) is 0.500. The molecule has 1 heterocycles. The molecule has 0 aromatic heterocycles. The average molecular weight is 224 g/mol. The summed E-state index contributed by atoms with van der Waals surface area (Å²) in [6.07, 6.45) is 0.517. The van der Waals surface area contributed by atoms with Crippen LogP contribution in [-0.4, -0.2) is 17.5 Å². The molecule has 1 aromatic rings. The molecule has 2 nitrogen and oxygen atoms in total. The summed E-state index contributed by atoms with van der Waals surface area (Å²) in [6, 6.07) is 5.96. The van der Waals surface area contributed by atoms with E-state index in [9.17, 15) is 5.11 Å². The molecular weight excluding hydrogens is 208 g/mol. The minimum absolute atomic E-state index is 0.324. The van der Waals surface area contributed by atoms with Crippen LogP contribution in [0.5, 0.6) is 5.75 Å². The van der Waals surface area contributed by atoms with Crippen molar-refractivity contribution in [2.24, 2.45) is 0 Å². The predicted molar refractivity (Wildman–Crippen MR) is 63.3 cm³/mol. The van der Waals surface area contributed by atoms with Crippen molar-refractivity contribution in [3.05, 3.63) is 29.3 Å². The summed E-state index contributed by atoms with van der Waals surface area (Å²) in [5.74, 6) is 2.90. The molecule has 1 N–H and O–H groups in total. The third-order valence-electron chi connectivity index (χ3n) is 2.61. The first-order valence-corrected chi connectivity index (χ1v) is 6.48. The molecule has 0 spiro atoms. The Morgan fingerprint density at radius 1 is 1.53 bits per heavy atom. The van der Waals surface area contributed by atoms with E-state index in [0.717, 1.165) is 29.2 Å². The Morgan fingerprint density at radius 3 is 3.20 bits per heavy atom. The molecule has 0 amide bonds. The Hall–Kier alpha value is -0.670. The van der Waals surface area contributed by atoms with Crippen LogP contribution < -0.4 is 4.74 Å². The Bertz CT molecular complexity index is 338. The van der Waals surface area contributed by atoms with E-state index in [1.165, 1.54) is 5.56 Å². The molecule has 1 unspecified atom stereocenters. The summed E-state index contributed by atoms with van der Waals surface area (Å²) >= 11 is 1.86. The lowest BCUT2D eigenvalue weighted by Crippen LogP contribution is -2.02. The van der Waals surface area contributed by atoms with Crippen molar-refractivity contribution < 1.29 is 9.84 Å². The Balaban J connectivity index is 2.39. The van der Waals surface area contributed by atoms with Gasteiger partial charge in [-0.25, -0.2) is 0 Å². The van der Waals surface area contributed by atoms with Gasteiger partial charge in [-0.15, -0.1) is 0 Å². The molecule has 15 heavy (non-hydrogen) atoms. The monoisotopic (exact) mass is 224 g/mol. The highest BCUT2D eigenvalue weighted by atomic mass is 32.2. The number of ether oxygens (including phenoxy) is 1. The van der Waals surface area contributed by atoms with E-state index in [2.05, 4.69) is 0 Å². The second-order valence-corrected chi connectivity index (χ2v) is 4.72. The van der Waals surface area contributed by atoms with Gasteiger partial charge >= 0.3 is 0 Å². The topological polar surface area (TPSA) is 29.5 Å². The molecule has 1 aromatic carbocycles. The van der Waals surface area contributed by atoms with Crippen LogP contribution in [0.15, 0.2) is 18.2 Å². The summed E-state index contributed by atoms with van der Waals surface area (Å²) < 4.78 is 5.58. The number of hydrogen-bond donors (Lipinski definition) is 1. The van der Waals surface area contributed by atoms with Gasteiger partial charge in [0, 0.05) is 11.3 Å². The fourth-order valence-corrected chi connectivity index (χ4v) is 2.91. The van der Waals surface area contributed by atoms with Crippen LogP contribution >= 0.6 is 11.8 Å². The molecule has 0 saturated carbocycles. The van der Waals surface area contributed by atoms with Gasteiger partial charge in [-0.05, 0) is 30.7 Å². The van der Waals surface area contributed by atoms with Crippen LogP contribution in [0.4, 0.5) is 0 Å². The number of hydrogen-bond acceptors (Lipinski definition) is 3. The van der Waals surface area contributed by atoms with Crippen molar-refractivity contribution in [1.82, 2.24) is 0 Å². The Morgan fingerprint density at radius 2 is 2.40 bits per heavy atom. The molecule has 0 aliphatic carbocycles. The van der Waals surface area contributed by atoms with Gasteiger partial charge in [0.25, 0.3) is 0 Å². The smallest absolute Gasteiger partial charge is 0.123 e. The molecule has 0 fully saturated rings. The van der Waals surface area contributed by atoms with Crippen LogP contribution in [0.2, 0.25) is 0 Å². The van der Waals surface area contributed by atoms with E-state index in [4.69, 9.17) is 4.74 Å². The quantitative estimate of drug-likeness (QED) is 0.837. The Kier molecular flexibility index (Phi) is 3.54. The van der Waals surface area contributed by atoms with Crippen molar-refractivity contribution in [3.63, 3.8) is 0 Å². The van der Waals surface area contributed by atoms with E-state index in [1.54, 1.807) is 0 Å². The largest absolute Gasteiger partial charge is 0.494 e. The van der Waals surface area contributed by atoms with Crippen molar-refractivity contribution in [1.29, 1.82) is 0 Å². The van der Waals surface area contributed by atoms with E-state index < -0.39 is 0 Å². The fourth-order valence-electron chi connectivity index (χ4n) is 1.86. The number of thioether (sulfide) groups is 1. The highest BCUT2D eigenvalue weighted by Crippen LogP contribution is 2.35. The lowest BCUT2D eigenvalue weighted by molar-refractivity contribution is 0.174. The van der Waals surface area contributed by atoms with Gasteiger partial charge in [0.15, 0.2) is 0 Å². The van der Waals surface area contributed by atoms with Gasteiger partial charge < -0.3 is 9.84 Å². The molecule has 1 aliphatic rings. The number of aliphatic hydroxyl groups excluding tert-OH is 1. The van der Waals surface area contributed by atoms with Gasteiger partial charge in [0.05, 0.1) is 12.7 Å². The molecule has 1 atom stereocenters. The van der Waals surface area contributed by atoms with Crippen molar-refractivity contribution >= 4 is 11.8 Å². The summed E-state index contributed by atoms with van der Waals surface area (Å²) in [7, 11) is 0. The van der Waals surface area contributed by atoms with Gasteiger partial charge in [-0.2, -0.15) is 11.8 Å². The summed E-state index contributed by atoms with van der Waals surface area (Å²) in [4.78, 5) is 0. The second kappa shape index (κ2) is 4.90. The number of fused-ring (bicyclic) bond motifs is 1. The summed E-state index contributed by atoms with van der Waals surface area (Å²) in [5, 5.41) is 9.97. The molecule has 0 bridgehead atoms. The highest BCUT2D eigenvalue weighted by Gasteiger charge is 2.19. The molecular formula is C12H16O2S. The maximum atomic E-state index is 9.97. The first-order valence-electron chi connectivity index (χ1n) is 5.33. The normalized spacial score (nSPS) is 20.5. The van der Waals surface area contributed by atoms with Crippen molar-refractivity contribution in [2.45, 2.75) is 25.2 Å². The number of aliphatic hydroxyl groups is 1. The number of benzene rings is 1. The molecule has 82 valence electrons. The third-order valence-corrected chi connectivity index (χ3v) is 3.63. The SMILES string of the molecule is CCOc1cccc2c1CSCCC2O. The maximum Gasteiger partial charge on any atom is 0.123 e. The van der Waals surface area contributed by atoms with Gasteiger partial charge in [0.2, 0.25) is 0 Å². The average Bonchev–Trinajstić information content (AvgIpc) is 2.43. The molecule has 0 saturated heterocycles. The van der Waals surface area contributed by atoms with Crippen LogP contribution in [0.3, 0.4) is 0 Å². The van der Waals surface area contributed by atoms with Crippen molar-refractivity contribution in [3.8, 4) is 5.75 Å². The Labute approximate surface area is 94.6 Å². The standard InChI is InChI=1S/C12H16O2S/c1-2-14-12-5-3-4-9-10(12)8-15-7-6-11(9)13/h3-5,11,13H,2,6-8H2,1H3. The minimum Gasteiger partial charge on any atom is -0.494 e. The predicted octanol–water partition coefficient (Wildman–Crippen LogP) is 2.76. The van der Waals surface area contributed by atoms with Gasteiger partial charge in [0.1, 0.15) is 5.75 Å². The second-order valence-electron chi connectivity index (χ2n) is 3.61. The van der Waals surface area contributed by atoms with Gasteiger partial charge in [-0.1, -0.05) is 12.1 Å². The molecule has 1 aliphatic heterocycles. The summed E-state index contributed by atoms with van der Waals surface area (Å²) in [6.45, 7) is 2.66. The zero-order valence-electron chi connectivity index (χ0n) is 8.90.